The molecule has 0 aromatic carbocycles. The van der Waals surface area contributed by atoms with Crippen LogP contribution < -0.4 is 5.73 Å². The van der Waals surface area contributed by atoms with E-state index in [1.807, 2.05) is 4.57 Å². The molecule has 112 valence electrons. The van der Waals surface area contributed by atoms with Gasteiger partial charge in [0.15, 0.2) is 5.03 Å². The van der Waals surface area contributed by atoms with Crippen molar-refractivity contribution >= 4 is 10.0 Å². The van der Waals surface area contributed by atoms with E-state index in [4.69, 9.17) is 5.73 Å². The second-order valence-electron chi connectivity index (χ2n) is 5.73. The molecule has 1 aromatic rings. The normalized spacial score (nSPS) is 21.9. The Hall–Kier alpha value is -0.920. The van der Waals surface area contributed by atoms with E-state index < -0.39 is 10.0 Å². The van der Waals surface area contributed by atoms with Gasteiger partial charge in [0, 0.05) is 32.3 Å². The molecule has 20 heavy (non-hydrogen) atoms. The molecule has 2 N–H and O–H groups in total. The van der Waals surface area contributed by atoms with Gasteiger partial charge in [-0.25, -0.2) is 13.4 Å². The summed E-state index contributed by atoms with van der Waals surface area (Å²) in [5.41, 5.74) is 5.65. The van der Waals surface area contributed by atoms with Gasteiger partial charge in [-0.3, -0.25) is 0 Å². The zero-order chi connectivity index (χ0) is 14.2. The second kappa shape index (κ2) is 5.46. The molecule has 0 bridgehead atoms. The van der Waals surface area contributed by atoms with Crippen molar-refractivity contribution in [3.8, 4) is 0 Å². The van der Waals surface area contributed by atoms with E-state index in [1.165, 1.54) is 0 Å². The van der Waals surface area contributed by atoms with Crippen molar-refractivity contribution < 1.29 is 8.42 Å². The lowest BCUT2D eigenvalue weighted by Gasteiger charge is -2.29. The molecule has 2 aliphatic rings. The lowest BCUT2D eigenvalue weighted by atomic mass is 9.99. The van der Waals surface area contributed by atoms with Crippen LogP contribution in [-0.2, 0) is 23.0 Å². The molecule has 1 aromatic heterocycles. The quantitative estimate of drug-likeness (QED) is 0.885. The minimum Gasteiger partial charge on any atom is -0.333 e. The van der Waals surface area contributed by atoms with E-state index in [0.717, 1.165) is 44.5 Å². The Kier molecular flexibility index (Phi) is 3.83. The van der Waals surface area contributed by atoms with Gasteiger partial charge in [0.05, 0.1) is 0 Å². The minimum atomic E-state index is -3.43. The molecule has 7 heteroatoms. The fourth-order valence-electron chi connectivity index (χ4n) is 3.03. The number of hydrogen-bond acceptors (Lipinski definition) is 4. The van der Waals surface area contributed by atoms with Gasteiger partial charge in [-0.2, -0.15) is 4.31 Å². The van der Waals surface area contributed by atoms with Crippen LogP contribution in [0.2, 0.25) is 0 Å². The van der Waals surface area contributed by atoms with Gasteiger partial charge in [-0.05, 0) is 38.1 Å². The molecule has 0 atom stereocenters. The highest BCUT2D eigenvalue weighted by atomic mass is 32.2. The maximum Gasteiger partial charge on any atom is 0.262 e. The molecule has 2 aliphatic heterocycles. The fourth-order valence-corrected chi connectivity index (χ4v) is 4.47. The Morgan fingerprint density at radius 3 is 2.65 bits per heavy atom. The molecule has 0 aliphatic carbocycles. The van der Waals surface area contributed by atoms with Crippen LogP contribution >= 0.6 is 0 Å². The number of aromatic nitrogens is 2. The first-order valence-corrected chi connectivity index (χ1v) is 8.81. The molecule has 0 radical (unpaired) electrons. The van der Waals surface area contributed by atoms with Crippen LogP contribution in [0.15, 0.2) is 11.2 Å². The van der Waals surface area contributed by atoms with Crippen LogP contribution in [0.1, 0.15) is 31.5 Å². The molecule has 0 amide bonds. The molecular weight excluding hydrogens is 276 g/mol. The minimum absolute atomic E-state index is 0.223. The average molecular weight is 298 g/mol. The Morgan fingerprint density at radius 1 is 1.25 bits per heavy atom. The van der Waals surface area contributed by atoms with E-state index in [9.17, 15) is 8.42 Å². The summed E-state index contributed by atoms with van der Waals surface area (Å²) in [7, 11) is -3.43. The van der Waals surface area contributed by atoms with E-state index in [0.29, 0.717) is 25.6 Å². The summed E-state index contributed by atoms with van der Waals surface area (Å²) in [6.07, 6.45) is 6.49. The summed E-state index contributed by atoms with van der Waals surface area (Å²) in [6.45, 7) is 2.65. The van der Waals surface area contributed by atoms with Crippen molar-refractivity contribution in [1.29, 1.82) is 0 Å². The van der Waals surface area contributed by atoms with Crippen molar-refractivity contribution in [1.82, 2.24) is 13.9 Å². The van der Waals surface area contributed by atoms with Gasteiger partial charge in [-0.1, -0.05) is 0 Å². The zero-order valence-electron chi connectivity index (χ0n) is 11.7. The fraction of sp³-hybridized carbons (Fsp3) is 0.769. The number of imidazole rings is 1. The van der Waals surface area contributed by atoms with E-state index in [2.05, 4.69) is 4.98 Å². The molecule has 1 fully saturated rings. The standard InChI is InChI=1S/C13H22N4O2S/c14-9-11-4-7-17(8-5-11)20(18,19)13-10-16-6-2-1-3-12(16)15-13/h10-11H,1-9,14H2. The summed E-state index contributed by atoms with van der Waals surface area (Å²) in [4.78, 5) is 4.35. The number of piperidine rings is 1. The van der Waals surface area contributed by atoms with Crippen LogP contribution in [0.4, 0.5) is 0 Å². The number of nitrogens with zero attached hydrogens (tertiary/aromatic N) is 3. The number of sulfonamides is 1. The van der Waals surface area contributed by atoms with Crippen molar-refractivity contribution in [2.24, 2.45) is 11.7 Å². The van der Waals surface area contributed by atoms with Gasteiger partial charge >= 0.3 is 0 Å². The Labute approximate surface area is 120 Å². The lowest BCUT2D eigenvalue weighted by molar-refractivity contribution is 0.278. The maximum atomic E-state index is 12.6. The largest absolute Gasteiger partial charge is 0.333 e. The van der Waals surface area contributed by atoms with Crippen LogP contribution in [0.5, 0.6) is 0 Å². The number of rotatable bonds is 3. The number of fused-ring (bicyclic) bond motifs is 1. The molecule has 3 heterocycles. The van der Waals surface area contributed by atoms with Crippen LogP contribution in [-0.4, -0.2) is 41.9 Å². The van der Waals surface area contributed by atoms with Crippen molar-refractivity contribution in [3.05, 3.63) is 12.0 Å². The number of hydrogen-bond donors (Lipinski definition) is 1. The zero-order valence-corrected chi connectivity index (χ0v) is 12.5. The number of nitrogens with two attached hydrogens (primary N) is 1. The smallest absolute Gasteiger partial charge is 0.262 e. The first-order valence-electron chi connectivity index (χ1n) is 7.37. The first-order chi connectivity index (χ1) is 9.61. The maximum absolute atomic E-state index is 12.6. The molecule has 0 spiro atoms. The second-order valence-corrected chi connectivity index (χ2v) is 7.61. The predicted octanol–water partition coefficient (Wildman–Crippen LogP) is 0.579. The predicted molar refractivity (Wildman–Crippen MR) is 75.7 cm³/mol. The van der Waals surface area contributed by atoms with Crippen LogP contribution in [0.25, 0.3) is 0 Å². The Balaban J connectivity index is 1.80. The summed E-state index contributed by atoms with van der Waals surface area (Å²) in [5, 5.41) is 0.223. The van der Waals surface area contributed by atoms with E-state index in [-0.39, 0.29) is 5.03 Å². The highest BCUT2D eigenvalue weighted by Gasteiger charge is 2.31. The van der Waals surface area contributed by atoms with Gasteiger partial charge in [0.2, 0.25) is 0 Å². The molecular formula is C13H22N4O2S. The summed E-state index contributed by atoms with van der Waals surface area (Å²) < 4.78 is 28.8. The summed E-state index contributed by atoms with van der Waals surface area (Å²) in [6, 6.07) is 0. The highest BCUT2D eigenvalue weighted by molar-refractivity contribution is 7.89. The van der Waals surface area contributed by atoms with Crippen molar-refractivity contribution in [3.63, 3.8) is 0 Å². The lowest BCUT2D eigenvalue weighted by Crippen LogP contribution is -2.40. The van der Waals surface area contributed by atoms with Crippen LogP contribution in [0.3, 0.4) is 0 Å². The SMILES string of the molecule is NCC1CCN(S(=O)(=O)c2cn3c(n2)CCCC3)CC1. The van der Waals surface area contributed by atoms with Crippen molar-refractivity contribution in [2.75, 3.05) is 19.6 Å². The monoisotopic (exact) mass is 298 g/mol. The molecule has 6 nitrogen and oxygen atoms in total. The third kappa shape index (κ3) is 2.49. The molecule has 0 saturated carbocycles. The molecule has 3 rings (SSSR count). The average Bonchev–Trinajstić information content (AvgIpc) is 2.92. The molecule has 1 saturated heterocycles. The highest BCUT2D eigenvalue weighted by Crippen LogP contribution is 2.24. The Bertz CT molecular complexity index is 550. The summed E-state index contributed by atoms with van der Waals surface area (Å²) >= 11 is 0. The third-order valence-electron chi connectivity index (χ3n) is 4.40. The Morgan fingerprint density at radius 2 is 2.00 bits per heavy atom. The first kappa shape index (κ1) is 14.0. The van der Waals surface area contributed by atoms with E-state index >= 15 is 0 Å². The number of aryl methyl sites for hydroxylation is 2. The van der Waals surface area contributed by atoms with Gasteiger partial charge in [0.25, 0.3) is 10.0 Å². The molecule has 0 unspecified atom stereocenters. The van der Waals surface area contributed by atoms with Crippen molar-refractivity contribution in [2.45, 2.75) is 43.7 Å². The van der Waals surface area contributed by atoms with Gasteiger partial charge in [-0.15, -0.1) is 0 Å². The van der Waals surface area contributed by atoms with Gasteiger partial charge < -0.3 is 10.3 Å². The van der Waals surface area contributed by atoms with Crippen LogP contribution in [0, 0.1) is 5.92 Å². The topological polar surface area (TPSA) is 81.2 Å². The van der Waals surface area contributed by atoms with Gasteiger partial charge in [0.1, 0.15) is 5.82 Å². The van der Waals surface area contributed by atoms with E-state index in [1.54, 1.807) is 10.5 Å². The summed E-state index contributed by atoms with van der Waals surface area (Å²) in [5.74, 6) is 1.36. The third-order valence-corrected chi connectivity index (χ3v) is 6.17.